The van der Waals surface area contributed by atoms with Crippen LogP contribution in [0.5, 0.6) is 0 Å². The minimum Gasteiger partial charge on any atom is -0.458 e. The molecule has 0 heterocycles. The molecule has 4 rings (SSSR count). The monoisotopic (exact) mass is 511 g/mol. The Morgan fingerprint density at radius 3 is 2.32 bits per heavy atom. The highest BCUT2D eigenvalue weighted by molar-refractivity contribution is 5.97. The molecule has 4 aliphatic carbocycles. The van der Waals surface area contributed by atoms with Gasteiger partial charge in [0.2, 0.25) is 0 Å². The van der Waals surface area contributed by atoms with Crippen LogP contribution >= 0.6 is 0 Å². The van der Waals surface area contributed by atoms with Crippen LogP contribution in [-0.2, 0) is 14.3 Å². The van der Waals surface area contributed by atoms with Crippen LogP contribution in [0.1, 0.15) is 93.9 Å². The quantitative estimate of drug-likeness (QED) is 0.278. The number of nitrogens with two attached hydrogens (primary N) is 1. The van der Waals surface area contributed by atoms with E-state index in [4.69, 9.17) is 10.5 Å². The van der Waals surface area contributed by atoms with Crippen molar-refractivity contribution in [3.8, 4) is 0 Å². The van der Waals surface area contributed by atoms with E-state index in [1.54, 1.807) is 6.92 Å². The first-order chi connectivity index (χ1) is 17.2. The number of Topliss-reactive ketones (excluding diaryl/α,β-unsaturated/α-hetero) is 1. The number of fused-ring (bicyclic) bond motifs is 5. The predicted octanol–water partition coefficient (Wildman–Crippen LogP) is 5.91. The van der Waals surface area contributed by atoms with Crippen molar-refractivity contribution in [2.75, 3.05) is 0 Å². The number of ether oxygens (including phenoxy) is 1. The Kier molecular flexibility index (Phi) is 7.48. The molecular weight excluding hydrogens is 462 g/mol. The van der Waals surface area contributed by atoms with E-state index in [2.05, 4.69) is 27.7 Å². The lowest BCUT2D eigenvalue weighted by molar-refractivity contribution is -0.201. The van der Waals surface area contributed by atoms with Gasteiger partial charge >= 0.3 is 5.97 Å². The van der Waals surface area contributed by atoms with Crippen molar-refractivity contribution in [3.63, 3.8) is 0 Å². The number of hydrogen-bond donors (Lipinski definition) is 2. The van der Waals surface area contributed by atoms with Gasteiger partial charge < -0.3 is 15.6 Å². The van der Waals surface area contributed by atoms with Gasteiger partial charge in [-0.25, -0.2) is 0 Å². The van der Waals surface area contributed by atoms with E-state index in [9.17, 15) is 14.7 Å². The standard InChI is InChI=1S/C32H49NO4/c1-18(2)10-9-11-22(20(4)34)28-26(37-21(5)35)17-32(8)29(28)24(33)16-27-30(6)14-13-25(36)19(3)23(30)12-15-31(27,32)7/h9-11,19,23-27,29,36H,12-17,33H2,1-8H3/b11-9-,28-22+/t19-,23-,24+,25+,26-,27-,29-,30-,31-,32-/m0/s1. The van der Waals surface area contributed by atoms with Crippen molar-refractivity contribution in [3.05, 3.63) is 34.9 Å². The third-order valence-corrected chi connectivity index (χ3v) is 11.5. The number of carbonyl (C=O) groups excluding carboxylic acids is 2. The lowest BCUT2D eigenvalue weighted by atomic mass is 9.36. The summed E-state index contributed by atoms with van der Waals surface area (Å²) in [6, 6.07) is -0.123. The van der Waals surface area contributed by atoms with Gasteiger partial charge in [0.05, 0.1) is 6.10 Å². The van der Waals surface area contributed by atoms with Crippen LogP contribution in [0, 0.1) is 39.9 Å². The summed E-state index contributed by atoms with van der Waals surface area (Å²) in [5, 5.41) is 10.7. The van der Waals surface area contributed by atoms with E-state index in [1.165, 1.54) is 6.92 Å². The maximum absolute atomic E-state index is 13.1. The second kappa shape index (κ2) is 9.79. The Morgan fingerprint density at radius 2 is 1.73 bits per heavy atom. The topological polar surface area (TPSA) is 89.6 Å². The fraction of sp³-hybridized carbons (Fsp3) is 0.750. The minimum absolute atomic E-state index is 0.00747. The molecule has 0 amide bonds. The molecule has 0 saturated heterocycles. The van der Waals surface area contributed by atoms with Crippen LogP contribution in [0.15, 0.2) is 34.9 Å². The van der Waals surface area contributed by atoms with E-state index < -0.39 is 6.10 Å². The van der Waals surface area contributed by atoms with Gasteiger partial charge in [0.25, 0.3) is 0 Å². The molecule has 0 aromatic carbocycles. The first-order valence-corrected chi connectivity index (χ1v) is 14.3. The summed E-state index contributed by atoms with van der Waals surface area (Å²) in [6.07, 6.45) is 10.8. The molecule has 3 N–H and O–H groups in total. The fourth-order valence-electron chi connectivity index (χ4n) is 9.64. The Balaban J connectivity index is 1.86. The van der Waals surface area contributed by atoms with Crippen molar-refractivity contribution in [2.24, 2.45) is 45.7 Å². The Bertz CT molecular complexity index is 1040. The highest BCUT2D eigenvalue weighted by Crippen LogP contribution is 2.74. The van der Waals surface area contributed by atoms with Crippen molar-refractivity contribution >= 4 is 11.8 Å². The molecule has 0 spiro atoms. The lowest BCUT2D eigenvalue weighted by Crippen LogP contribution is -2.65. The van der Waals surface area contributed by atoms with Gasteiger partial charge in [-0.05, 0) is 98.9 Å². The first-order valence-electron chi connectivity index (χ1n) is 14.3. The highest BCUT2D eigenvalue weighted by Gasteiger charge is 2.70. The Morgan fingerprint density at radius 1 is 1.05 bits per heavy atom. The smallest absolute Gasteiger partial charge is 0.303 e. The number of hydrogen-bond acceptors (Lipinski definition) is 5. The molecule has 0 aromatic rings. The molecule has 4 saturated carbocycles. The molecule has 4 fully saturated rings. The number of aliphatic hydroxyl groups is 1. The van der Waals surface area contributed by atoms with Gasteiger partial charge in [-0.1, -0.05) is 51.5 Å². The average molecular weight is 512 g/mol. The molecule has 0 radical (unpaired) electrons. The number of carbonyl (C=O) groups is 2. The third-order valence-electron chi connectivity index (χ3n) is 11.5. The summed E-state index contributed by atoms with van der Waals surface area (Å²) in [7, 11) is 0. The van der Waals surface area contributed by atoms with Crippen LogP contribution in [0.4, 0.5) is 0 Å². The summed E-state index contributed by atoms with van der Waals surface area (Å²) in [4.78, 5) is 25.3. The van der Waals surface area contributed by atoms with Crippen LogP contribution in [0.2, 0.25) is 0 Å². The second-order valence-electron chi connectivity index (χ2n) is 13.7. The highest BCUT2D eigenvalue weighted by atomic mass is 16.5. The molecular formula is C32H49NO4. The summed E-state index contributed by atoms with van der Waals surface area (Å²) >= 11 is 0. The van der Waals surface area contributed by atoms with Gasteiger partial charge in [-0.3, -0.25) is 9.59 Å². The van der Waals surface area contributed by atoms with Crippen molar-refractivity contribution in [1.29, 1.82) is 0 Å². The number of allylic oxidation sites excluding steroid dienone is 5. The van der Waals surface area contributed by atoms with Crippen molar-refractivity contribution < 1.29 is 19.4 Å². The zero-order chi connectivity index (χ0) is 27.5. The average Bonchev–Trinajstić information content (AvgIpc) is 3.08. The predicted molar refractivity (Wildman–Crippen MR) is 147 cm³/mol. The van der Waals surface area contributed by atoms with Crippen LogP contribution in [0.25, 0.3) is 0 Å². The number of aliphatic hydroxyl groups excluding tert-OH is 1. The lowest BCUT2D eigenvalue weighted by Gasteiger charge is -2.68. The molecule has 0 aliphatic heterocycles. The molecule has 5 nitrogen and oxygen atoms in total. The second-order valence-corrected chi connectivity index (χ2v) is 13.7. The molecule has 0 unspecified atom stereocenters. The van der Waals surface area contributed by atoms with Crippen LogP contribution < -0.4 is 5.73 Å². The molecule has 4 aliphatic rings. The van der Waals surface area contributed by atoms with Crippen molar-refractivity contribution in [2.45, 2.75) is 112 Å². The molecule has 0 aromatic heterocycles. The van der Waals surface area contributed by atoms with Gasteiger partial charge in [-0.15, -0.1) is 0 Å². The normalized spacial score (nSPS) is 46.5. The van der Waals surface area contributed by atoms with Gasteiger partial charge in [0, 0.05) is 24.5 Å². The minimum atomic E-state index is -0.443. The number of ketones is 1. The number of esters is 1. The molecule has 206 valence electrons. The maximum Gasteiger partial charge on any atom is 0.303 e. The van der Waals surface area contributed by atoms with E-state index >= 15 is 0 Å². The number of rotatable bonds is 4. The van der Waals surface area contributed by atoms with Gasteiger partial charge in [-0.2, -0.15) is 0 Å². The van der Waals surface area contributed by atoms with E-state index in [1.807, 2.05) is 32.1 Å². The molecule has 37 heavy (non-hydrogen) atoms. The van der Waals surface area contributed by atoms with E-state index in [0.717, 1.165) is 43.3 Å². The van der Waals surface area contributed by atoms with Crippen LogP contribution in [-0.4, -0.2) is 35.1 Å². The first kappa shape index (κ1) is 28.3. The van der Waals surface area contributed by atoms with Crippen molar-refractivity contribution in [1.82, 2.24) is 0 Å². The fourth-order valence-corrected chi connectivity index (χ4v) is 9.64. The zero-order valence-electron chi connectivity index (χ0n) is 24.3. The van der Waals surface area contributed by atoms with Gasteiger partial charge in [0.1, 0.15) is 6.10 Å². The summed E-state index contributed by atoms with van der Waals surface area (Å²) < 4.78 is 5.99. The third kappa shape index (κ3) is 4.38. The SMILES string of the molecule is CC(=O)O[C@H]1C[C@@]2(C)[C@H](/C1=C(\C=C/C=C(C)C)C(C)=O)[C@H](N)C[C@H]1[C@@]3(C)CC[C@@H](O)[C@@H](C)[C@@H]3CC[C@@]12C. The summed E-state index contributed by atoms with van der Waals surface area (Å²) in [5.41, 5.74) is 9.77. The Hall–Kier alpha value is -1.72. The van der Waals surface area contributed by atoms with Gasteiger partial charge in [0.15, 0.2) is 5.78 Å². The van der Waals surface area contributed by atoms with E-state index in [0.29, 0.717) is 29.7 Å². The maximum atomic E-state index is 13.1. The molecule has 5 heteroatoms. The Labute approximate surface area is 224 Å². The summed E-state index contributed by atoms with van der Waals surface area (Å²) in [6.45, 7) is 16.6. The van der Waals surface area contributed by atoms with E-state index in [-0.39, 0.29) is 46.1 Å². The summed E-state index contributed by atoms with van der Waals surface area (Å²) in [5.74, 6) is 0.843. The molecule has 10 atom stereocenters. The molecule has 0 bridgehead atoms. The largest absolute Gasteiger partial charge is 0.458 e. The zero-order valence-corrected chi connectivity index (χ0v) is 24.3. The van der Waals surface area contributed by atoms with Crippen LogP contribution in [0.3, 0.4) is 0 Å².